The van der Waals surface area contributed by atoms with Gasteiger partial charge in [0.2, 0.25) is 0 Å². The molecule has 1 rings (SSSR count). The zero-order valence-corrected chi connectivity index (χ0v) is 12.4. The van der Waals surface area contributed by atoms with Gasteiger partial charge in [-0.25, -0.2) is 9.18 Å². The van der Waals surface area contributed by atoms with Crippen LogP contribution in [0.5, 0.6) is 0 Å². The Morgan fingerprint density at radius 3 is 2.57 bits per heavy atom. The number of benzene rings is 1. The zero-order chi connectivity index (χ0) is 16.0. The van der Waals surface area contributed by atoms with Crippen molar-refractivity contribution >= 4 is 17.7 Å². The third-order valence-corrected chi connectivity index (χ3v) is 2.53. The number of rotatable bonds is 5. The number of aryl methyl sites for hydroxylation is 1. The molecule has 0 aromatic heterocycles. The largest absolute Gasteiger partial charge is 0.481 e. The number of hydrogen-bond acceptors (Lipinski definition) is 3. The zero-order valence-electron chi connectivity index (χ0n) is 12.4. The van der Waals surface area contributed by atoms with Crippen LogP contribution in [0.1, 0.15) is 39.2 Å². The molecule has 0 aliphatic rings. The van der Waals surface area contributed by atoms with Crippen LogP contribution in [0, 0.1) is 5.82 Å². The summed E-state index contributed by atoms with van der Waals surface area (Å²) in [4.78, 5) is 22.1. The van der Waals surface area contributed by atoms with Gasteiger partial charge in [-0.2, -0.15) is 0 Å². The minimum absolute atomic E-state index is 0.0246. The number of carbonyl (C=O) groups excluding carboxylic acids is 1. The van der Waals surface area contributed by atoms with Gasteiger partial charge in [-0.05, 0) is 57.4 Å². The number of carbonyl (C=O) groups is 2. The number of halogens is 1. The molecule has 0 saturated carbocycles. The Kier molecular flexibility index (Phi) is 5.69. The minimum Gasteiger partial charge on any atom is -0.481 e. The van der Waals surface area contributed by atoms with Crippen molar-refractivity contribution in [3.8, 4) is 0 Å². The number of ether oxygens (including phenoxy) is 1. The molecule has 0 radical (unpaired) electrons. The molecule has 0 bridgehead atoms. The van der Waals surface area contributed by atoms with Crippen molar-refractivity contribution in [3.63, 3.8) is 0 Å². The monoisotopic (exact) mass is 297 g/mol. The lowest BCUT2D eigenvalue weighted by Crippen LogP contribution is -2.27. The molecule has 6 heteroatoms. The lowest BCUT2D eigenvalue weighted by atomic mass is 10.1. The van der Waals surface area contributed by atoms with E-state index in [0.717, 1.165) is 0 Å². The van der Waals surface area contributed by atoms with Crippen molar-refractivity contribution in [2.45, 2.75) is 45.6 Å². The first kappa shape index (κ1) is 16.9. The Bertz CT molecular complexity index is 523. The highest BCUT2D eigenvalue weighted by Gasteiger charge is 2.16. The van der Waals surface area contributed by atoms with Crippen LogP contribution in [0.4, 0.5) is 14.9 Å². The van der Waals surface area contributed by atoms with Crippen LogP contribution in [0.15, 0.2) is 18.2 Å². The van der Waals surface area contributed by atoms with E-state index >= 15 is 0 Å². The third kappa shape index (κ3) is 6.74. The van der Waals surface area contributed by atoms with Crippen LogP contribution in [0.2, 0.25) is 0 Å². The predicted molar refractivity (Wildman–Crippen MR) is 76.8 cm³/mol. The summed E-state index contributed by atoms with van der Waals surface area (Å²) >= 11 is 0. The first-order valence-electron chi connectivity index (χ1n) is 6.67. The van der Waals surface area contributed by atoms with Gasteiger partial charge in [0, 0.05) is 12.1 Å². The molecule has 116 valence electrons. The molecule has 5 nitrogen and oxygen atoms in total. The quantitative estimate of drug-likeness (QED) is 0.871. The summed E-state index contributed by atoms with van der Waals surface area (Å²) in [6.45, 7) is 5.23. The highest BCUT2D eigenvalue weighted by molar-refractivity contribution is 5.84. The van der Waals surface area contributed by atoms with Gasteiger partial charge in [0.1, 0.15) is 11.4 Å². The lowest BCUT2D eigenvalue weighted by molar-refractivity contribution is -0.137. The summed E-state index contributed by atoms with van der Waals surface area (Å²) < 4.78 is 18.7. The number of amides is 1. The average Bonchev–Trinajstić information content (AvgIpc) is 2.30. The lowest BCUT2D eigenvalue weighted by Gasteiger charge is -2.19. The van der Waals surface area contributed by atoms with Gasteiger partial charge < -0.3 is 9.84 Å². The second-order valence-corrected chi connectivity index (χ2v) is 5.68. The van der Waals surface area contributed by atoms with E-state index in [0.29, 0.717) is 24.1 Å². The molecule has 0 aliphatic heterocycles. The molecule has 21 heavy (non-hydrogen) atoms. The Balaban J connectivity index is 2.68. The summed E-state index contributed by atoms with van der Waals surface area (Å²) in [5.41, 5.74) is 0.162. The van der Waals surface area contributed by atoms with Gasteiger partial charge in [0.05, 0.1) is 0 Å². The fraction of sp³-hybridized carbons (Fsp3) is 0.467. The van der Waals surface area contributed by atoms with Crippen molar-refractivity contribution in [3.05, 3.63) is 29.6 Å². The number of nitrogens with one attached hydrogen (secondary N) is 1. The van der Waals surface area contributed by atoms with E-state index in [1.807, 2.05) is 0 Å². The molecule has 0 atom stereocenters. The maximum Gasteiger partial charge on any atom is 0.412 e. The first-order valence-corrected chi connectivity index (χ1v) is 6.67. The molecule has 0 saturated heterocycles. The van der Waals surface area contributed by atoms with Crippen molar-refractivity contribution in [1.29, 1.82) is 0 Å². The molecule has 2 N–H and O–H groups in total. The molecule has 0 unspecified atom stereocenters. The molecule has 0 heterocycles. The Morgan fingerprint density at radius 2 is 2.00 bits per heavy atom. The summed E-state index contributed by atoms with van der Waals surface area (Å²) in [5, 5.41) is 11.1. The van der Waals surface area contributed by atoms with E-state index in [1.165, 1.54) is 18.2 Å². The Labute approximate surface area is 123 Å². The normalized spacial score (nSPS) is 11.0. The first-order chi connectivity index (χ1) is 9.67. The minimum atomic E-state index is -0.918. The van der Waals surface area contributed by atoms with Crippen molar-refractivity contribution in [2.75, 3.05) is 5.32 Å². The van der Waals surface area contributed by atoms with E-state index in [9.17, 15) is 14.0 Å². The molecule has 0 spiro atoms. The van der Waals surface area contributed by atoms with E-state index in [1.54, 1.807) is 20.8 Å². The highest BCUT2D eigenvalue weighted by Crippen LogP contribution is 2.18. The fourth-order valence-electron chi connectivity index (χ4n) is 1.70. The van der Waals surface area contributed by atoms with E-state index in [-0.39, 0.29) is 6.42 Å². The van der Waals surface area contributed by atoms with Gasteiger partial charge in [0.25, 0.3) is 0 Å². The standard InChI is InChI=1S/C15H20FNO4/c1-15(2,3)21-14(20)17-11-7-8-12(16)10(9-11)5-4-6-13(18)19/h7-9H,4-6H2,1-3H3,(H,17,20)(H,18,19). The van der Waals surface area contributed by atoms with Crippen LogP contribution < -0.4 is 5.32 Å². The van der Waals surface area contributed by atoms with Crippen molar-refractivity contribution < 1.29 is 23.8 Å². The fourth-order valence-corrected chi connectivity index (χ4v) is 1.70. The summed E-state index contributed by atoms with van der Waals surface area (Å²) in [6.07, 6.45) is -0.0154. The predicted octanol–water partition coefficient (Wildman–Crippen LogP) is 3.58. The number of anilines is 1. The number of hydrogen-bond donors (Lipinski definition) is 2. The van der Waals surface area contributed by atoms with Gasteiger partial charge in [-0.15, -0.1) is 0 Å². The van der Waals surface area contributed by atoms with Crippen molar-refractivity contribution in [2.24, 2.45) is 0 Å². The van der Waals surface area contributed by atoms with Crippen LogP contribution >= 0.6 is 0 Å². The third-order valence-electron chi connectivity index (χ3n) is 2.53. The van der Waals surface area contributed by atoms with Crippen molar-refractivity contribution in [1.82, 2.24) is 0 Å². The SMILES string of the molecule is CC(C)(C)OC(=O)Nc1ccc(F)c(CCCC(=O)O)c1. The Morgan fingerprint density at radius 1 is 1.33 bits per heavy atom. The second-order valence-electron chi connectivity index (χ2n) is 5.68. The van der Waals surface area contributed by atoms with E-state index in [2.05, 4.69) is 5.32 Å². The summed E-state index contributed by atoms with van der Waals surface area (Å²) in [7, 11) is 0. The molecular formula is C15H20FNO4. The maximum atomic E-state index is 13.6. The van der Waals surface area contributed by atoms with Gasteiger partial charge in [-0.3, -0.25) is 10.1 Å². The second kappa shape index (κ2) is 7.06. The molecule has 0 fully saturated rings. The highest BCUT2D eigenvalue weighted by atomic mass is 19.1. The Hall–Kier alpha value is -2.11. The topological polar surface area (TPSA) is 75.6 Å². The van der Waals surface area contributed by atoms with Crippen LogP contribution in [0.3, 0.4) is 0 Å². The van der Waals surface area contributed by atoms with E-state index in [4.69, 9.17) is 9.84 Å². The number of aliphatic carboxylic acids is 1. The van der Waals surface area contributed by atoms with Crippen LogP contribution in [-0.2, 0) is 16.0 Å². The molecular weight excluding hydrogens is 277 g/mol. The average molecular weight is 297 g/mol. The summed E-state index contributed by atoms with van der Waals surface area (Å²) in [5.74, 6) is -1.34. The molecule has 0 aliphatic carbocycles. The van der Waals surface area contributed by atoms with Gasteiger partial charge in [0.15, 0.2) is 0 Å². The summed E-state index contributed by atoms with van der Waals surface area (Å²) in [6, 6.07) is 4.16. The smallest absolute Gasteiger partial charge is 0.412 e. The van der Waals surface area contributed by atoms with Gasteiger partial charge in [-0.1, -0.05) is 0 Å². The van der Waals surface area contributed by atoms with Crippen LogP contribution in [-0.4, -0.2) is 22.8 Å². The number of carboxylic acid groups (broad SMARTS) is 1. The molecule has 1 amide bonds. The molecule has 1 aromatic carbocycles. The van der Waals surface area contributed by atoms with Gasteiger partial charge >= 0.3 is 12.1 Å². The molecule has 1 aromatic rings. The maximum absolute atomic E-state index is 13.6. The van der Waals surface area contributed by atoms with Crippen LogP contribution in [0.25, 0.3) is 0 Å². The van der Waals surface area contributed by atoms with E-state index < -0.39 is 23.5 Å². The number of carboxylic acids is 1.